The lowest BCUT2D eigenvalue weighted by Gasteiger charge is -2.32. The lowest BCUT2D eigenvalue weighted by molar-refractivity contribution is -0.131. The molecule has 1 aliphatic rings. The molecule has 176 valence electrons. The number of hydrogen-bond acceptors (Lipinski definition) is 4. The third-order valence-corrected chi connectivity index (χ3v) is 6.69. The highest BCUT2D eigenvalue weighted by Gasteiger charge is 2.25. The van der Waals surface area contributed by atoms with Crippen LogP contribution in [0.1, 0.15) is 61.0 Å². The molecule has 3 N–H and O–H groups in total. The molecule has 0 radical (unpaired) electrons. The molecule has 0 aliphatic carbocycles. The third-order valence-electron chi connectivity index (χ3n) is 6.69. The molecule has 0 saturated carbocycles. The summed E-state index contributed by atoms with van der Waals surface area (Å²) in [4.78, 5) is 22.5. The molecule has 33 heavy (non-hydrogen) atoms. The quantitative estimate of drug-likeness (QED) is 0.472. The molecular weight excluding hydrogens is 412 g/mol. The SMILES string of the molecule is Cc1cc(-c2[nH]c3ccc(C4CCN(C(=O)CNCCO)CC4)cc3c2C(C)C)cc(C)n1. The zero-order valence-corrected chi connectivity index (χ0v) is 20.2. The molecule has 1 amide bonds. The molecule has 0 bridgehead atoms. The predicted octanol–water partition coefficient (Wildman–Crippen LogP) is 4.26. The Labute approximate surface area is 196 Å². The van der Waals surface area contributed by atoms with E-state index in [-0.39, 0.29) is 12.5 Å². The minimum Gasteiger partial charge on any atom is -0.395 e. The Balaban J connectivity index is 1.57. The second kappa shape index (κ2) is 10.1. The molecule has 6 nitrogen and oxygen atoms in total. The Morgan fingerprint density at radius 3 is 2.52 bits per heavy atom. The summed E-state index contributed by atoms with van der Waals surface area (Å²) in [6.45, 7) is 11.0. The van der Waals surface area contributed by atoms with Crippen LogP contribution in [0.3, 0.4) is 0 Å². The first kappa shape index (κ1) is 23.5. The van der Waals surface area contributed by atoms with Crippen LogP contribution in [0.5, 0.6) is 0 Å². The van der Waals surface area contributed by atoms with Crippen molar-refractivity contribution >= 4 is 16.8 Å². The van der Waals surface area contributed by atoms with Crippen molar-refractivity contribution in [2.45, 2.75) is 52.4 Å². The van der Waals surface area contributed by atoms with Crippen molar-refractivity contribution in [2.75, 3.05) is 32.8 Å². The fourth-order valence-corrected chi connectivity index (χ4v) is 5.14. The van der Waals surface area contributed by atoms with E-state index in [0.717, 1.165) is 37.3 Å². The van der Waals surface area contributed by atoms with Crippen LogP contribution >= 0.6 is 0 Å². The van der Waals surface area contributed by atoms with Gasteiger partial charge in [-0.1, -0.05) is 19.9 Å². The number of aliphatic hydroxyl groups excluding tert-OH is 1. The largest absolute Gasteiger partial charge is 0.395 e. The minimum atomic E-state index is 0.0530. The summed E-state index contributed by atoms with van der Waals surface area (Å²) >= 11 is 0. The molecule has 1 aromatic carbocycles. The first-order valence-electron chi connectivity index (χ1n) is 12.1. The number of fused-ring (bicyclic) bond motifs is 1. The van der Waals surface area contributed by atoms with E-state index in [1.165, 1.54) is 33.3 Å². The summed E-state index contributed by atoms with van der Waals surface area (Å²) in [7, 11) is 0. The van der Waals surface area contributed by atoms with E-state index in [1.54, 1.807) is 0 Å². The van der Waals surface area contributed by atoms with E-state index in [9.17, 15) is 4.79 Å². The van der Waals surface area contributed by atoms with Crippen LogP contribution in [0.4, 0.5) is 0 Å². The zero-order valence-electron chi connectivity index (χ0n) is 20.2. The zero-order chi connectivity index (χ0) is 23.5. The van der Waals surface area contributed by atoms with Crippen LogP contribution < -0.4 is 5.32 Å². The average molecular weight is 449 g/mol. The second-order valence-electron chi connectivity index (χ2n) is 9.57. The summed E-state index contributed by atoms with van der Waals surface area (Å²) in [6.07, 6.45) is 1.96. The Bertz CT molecular complexity index is 1110. The van der Waals surface area contributed by atoms with Crippen molar-refractivity contribution in [1.29, 1.82) is 0 Å². The number of hydrogen-bond donors (Lipinski definition) is 3. The highest BCUT2D eigenvalue weighted by Crippen LogP contribution is 2.38. The number of amides is 1. The number of nitrogens with one attached hydrogen (secondary N) is 2. The number of carbonyl (C=O) groups is 1. The smallest absolute Gasteiger partial charge is 0.236 e. The van der Waals surface area contributed by atoms with Crippen molar-refractivity contribution in [3.63, 3.8) is 0 Å². The Hall–Kier alpha value is -2.70. The van der Waals surface area contributed by atoms with Gasteiger partial charge >= 0.3 is 0 Å². The minimum absolute atomic E-state index is 0.0530. The summed E-state index contributed by atoms with van der Waals surface area (Å²) in [6, 6.07) is 11.2. The van der Waals surface area contributed by atoms with Crippen LogP contribution in [0, 0.1) is 13.8 Å². The maximum absolute atomic E-state index is 12.4. The van der Waals surface area contributed by atoms with Gasteiger partial charge < -0.3 is 20.3 Å². The van der Waals surface area contributed by atoms with Crippen LogP contribution in [-0.4, -0.2) is 58.7 Å². The Morgan fingerprint density at radius 1 is 1.18 bits per heavy atom. The van der Waals surface area contributed by atoms with E-state index in [1.807, 2.05) is 18.7 Å². The summed E-state index contributed by atoms with van der Waals surface area (Å²) in [5, 5.41) is 13.2. The van der Waals surface area contributed by atoms with E-state index in [2.05, 4.69) is 59.5 Å². The molecule has 6 heteroatoms. The van der Waals surface area contributed by atoms with Gasteiger partial charge in [-0.2, -0.15) is 0 Å². The molecule has 2 aromatic heterocycles. The number of nitrogens with zero attached hydrogens (tertiary/aromatic N) is 2. The Morgan fingerprint density at radius 2 is 1.88 bits per heavy atom. The van der Waals surface area contributed by atoms with Crippen LogP contribution in [0.25, 0.3) is 22.2 Å². The van der Waals surface area contributed by atoms with Crippen molar-refractivity contribution < 1.29 is 9.90 Å². The number of benzene rings is 1. The molecule has 0 atom stereocenters. The van der Waals surface area contributed by atoms with Gasteiger partial charge in [0.2, 0.25) is 5.91 Å². The van der Waals surface area contributed by atoms with Gasteiger partial charge in [0.15, 0.2) is 0 Å². The highest BCUT2D eigenvalue weighted by molar-refractivity contribution is 5.92. The first-order valence-corrected chi connectivity index (χ1v) is 12.1. The molecule has 0 spiro atoms. The standard InChI is InChI=1S/C27H36N4O2/c1-17(2)26-23-15-21(20-7-10-31(11-8-20)25(33)16-28-9-12-32)5-6-24(23)30-27(26)22-13-18(3)29-19(4)14-22/h5-6,13-15,17,20,28,30,32H,7-12,16H2,1-4H3. The second-order valence-corrected chi connectivity index (χ2v) is 9.57. The van der Waals surface area contributed by atoms with Gasteiger partial charge in [-0.25, -0.2) is 0 Å². The molecule has 4 rings (SSSR count). The molecule has 3 aromatic rings. The number of H-pyrrole nitrogens is 1. The lowest BCUT2D eigenvalue weighted by atomic mass is 9.87. The molecule has 1 aliphatic heterocycles. The molecule has 1 saturated heterocycles. The maximum atomic E-state index is 12.4. The number of aromatic nitrogens is 2. The number of likely N-dealkylation sites (tertiary alicyclic amines) is 1. The van der Waals surface area contributed by atoms with E-state index in [4.69, 9.17) is 5.11 Å². The van der Waals surface area contributed by atoms with Gasteiger partial charge in [0, 0.05) is 47.5 Å². The number of carbonyl (C=O) groups excluding carboxylic acids is 1. The topological polar surface area (TPSA) is 81.2 Å². The van der Waals surface area contributed by atoms with Gasteiger partial charge in [0.1, 0.15) is 0 Å². The van der Waals surface area contributed by atoms with Gasteiger partial charge in [0.05, 0.1) is 18.8 Å². The fourth-order valence-electron chi connectivity index (χ4n) is 5.14. The van der Waals surface area contributed by atoms with Gasteiger partial charge in [-0.05, 0) is 73.9 Å². The number of aromatic amines is 1. The third kappa shape index (κ3) is 5.12. The maximum Gasteiger partial charge on any atom is 0.236 e. The predicted molar refractivity (Wildman–Crippen MR) is 134 cm³/mol. The fraction of sp³-hybridized carbons (Fsp3) is 0.481. The van der Waals surface area contributed by atoms with Gasteiger partial charge in [0.25, 0.3) is 0 Å². The lowest BCUT2D eigenvalue weighted by Crippen LogP contribution is -2.43. The Kier molecular flexibility index (Phi) is 7.15. The number of aryl methyl sites for hydroxylation is 2. The van der Waals surface area contributed by atoms with Crippen molar-refractivity contribution in [1.82, 2.24) is 20.2 Å². The van der Waals surface area contributed by atoms with Crippen molar-refractivity contribution in [2.24, 2.45) is 0 Å². The molecule has 1 fully saturated rings. The van der Waals surface area contributed by atoms with Crippen LogP contribution in [0.2, 0.25) is 0 Å². The average Bonchev–Trinajstić information content (AvgIpc) is 3.18. The summed E-state index contributed by atoms with van der Waals surface area (Å²) in [5.74, 6) is 0.981. The highest BCUT2D eigenvalue weighted by atomic mass is 16.3. The first-order chi connectivity index (χ1) is 15.9. The number of aliphatic hydroxyl groups is 1. The van der Waals surface area contributed by atoms with E-state index >= 15 is 0 Å². The number of pyridine rings is 1. The van der Waals surface area contributed by atoms with Crippen LogP contribution in [0.15, 0.2) is 30.3 Å². The number of piperidine rings is 1. The monoisotopic (exact) mass is 448 g/mol. The van der Waals surface area contributed by atoms with Gasteiger partial charge in [-0.15, -0.1) is 0 Å². The van der Waals surface area contributed by atoms with Crippen LogP contribution in [-0.2, 0) is 4.79 Å². The van der Waals surface area contributed by atoms with E-state index in [0.29, 0.717) is 24.9 Å². The molecule has 0 unspecified atom stereocenters. The molecular formula is C27H36N4O2. The van der Waals surface area contributed by atoms with Crippen molar-refractivity contribution in [3.8, 4) is 11.3 Å². The number of rotatable bonds is 7. The normalized spacial score (nSPS) is 15.0. The summed E-state index contributed by atoms with van der Waals surface area (Å²) < 4.78 is 0. The molecule has 3 heterocycles. The van der Waals surface area contributed by atoms with E-state index < -0.39 is 0 Å². The van der Waals surface area contributed by atoms with Gasteiger partial charge in [-0.3, -0.25) is 9.78 Å². The summed E-state index contributed by atoms with van der Waals surface area (Å²) in [5.41, 5.74) is 8.36. The van der Waals surface area contributed by atoms with Crippen molar-refractivity contribution in [3.05, 3.63) is 52.8 Å².